The Labute approximate surface area is 213 Å². The van der Waals surface area contributed by atoms with Crippen LogP contribution in [0.4, 0.5) is 0 Å². The molecule has 0 bridgehead atoms. The second kappa shape index (κ2) is 15.2. The van der Waals surface area contributed by atoms with Gasteiger partial charge in [-0.05, 0) is 36.5 Å². The maximum atomic E-state index is 12.7. The number of aliphatic carboxylic acids is 1. The SMILES string of the molecule is CCCC(C)C(=O)Oc1ccc(C(C(C)COC(=O)CC)[C@H](N)C(=O)O)cc1OC(=O)C(C)CCC. The first-order valence-electron chi connectivity index (χ1n) is 12.7. The quantitative estimate of drug-likeness (QED) is 0.260. The summed E-state index contributed by atoms with van der Waals surface area (Å²) in [5, 5.41) is 9.63. The zero-order chi connectivity index (χ0) is 27.4. The van der Waals surface area contributed by atoms with E-state index in [0.717, 1.165) is 12.8 Å². The van der Waals surface area contributed by atoms with E-state index in [-0.39, 0.29) is 36.4 Å². The minimum atomic E-state index is -1.32. The fraction of sp³-hybridized carbons (Fsp3) is 0.630. The van der Waals surface area contributed by atoms with Crippen molar-refractivity contribution in [2.75, 3.05) is 6.61 Å². The van der Waals surface area contributed by atoms with E-state index in [1.165, 1.54) is 12.1 Å². The number of carbonyl (C=O) groups is 4. The first-order valence-corrected chi connectivity index (χ1v) is 12.7. The molecule has 0 aromatic heterocycles. The van der Waals surface area contributed by atoms with Crippen LogP contribution in [0.2, 0.25) is 0 Å². The third kappa shape index (κ3) is 9.26. The summed E-state index contributed by atoms with van der Waals surface area (Å²) in [5.41, 5.74) is 6.49. The van der Waals surface area contributed by atoms with Gasteiger partial charge in [0.2, 0.25) is 0 Å². The molecule has 1 rings (SSSR count). The average Bonchev–Trinajstić information content (AvgIpc) is 2.83. The van der Waals surface area contributed by atoms with Crippen LogP contribution in [-0.2, 0) is 23.9 Å². The predicted molar refractivity (Wildman–Crippen MR) is 135 cm³/mol. The highest BCUT2D eigenvalue weighted by molar-refractivity contribution is 5.79. The molecule has 0 heterocycles. The summed E-state index contributed by atoms with van der Waals surface area (Å²) < 4.78 is 16.4. The van der Waals surface area contributed by atoms with E-state index in [0.29, 0.717) is 18.4 Å². The molecule has 3 N–H and O–H groups in total. The van der Waals surface area contributed by atoms with Crippen molar-refractivity contribution in [3.63, 3.8) is 0 Å². The molecular weight excluding hydrogens is 466 g/mol. The van der Waals surface area contributed by atoms with Crippen molar-refractivity contribution in [1.29, 1.82) is 0 Å². The van der Waals surface area contributed by atoms with Crippen molar-refractivity contribution in [3.05, 3.63) is 23.8 Å². The van der Waals surface area contributed by atoms with Gasteiger partial charge in [0.1, 0.15) is 6.04 Å². The van der Waals surface area contributed by atoms with Gasteiger partial charge in [0.05, 0.1) is 18.4 Å². The van der Waals surface area contributed by atoms with Crippen LogP contribution in [0.15, 0.2) is 18.2 Å². The second-order valence-electron chi connectivity index (χ2n) is 9.33. The number of carboxylic acid groups (broad SMARTS) is 1. The van der Waals surface area contributed by atoms with E-state index in [4.69, 9.17) is 19.9 Å². The van der Waals surface area contributed by atoms with Gasteiger partial charge < -0.3 is 25.1 Å². The standard InChI is InChI=1S/C27H41NO8/c1-7-10-16(4)26(32)35-20-13-12-19(14-21(20)36-27(33)17(5)11-8-2)23(24(28)25(30)31)18(6)15-34-22(29)9-3/h12-14,16-18,23-24H,7-11,15,28H2,1-6H3,(H,30,31)/t16?,17?,18?,23?,24-/m0/s1. The largest absolute Gasteiger partial charge is 0.480 e. The van der Waals surface area contributed by atoms with Crippen LogP contribution in [0, 0.1) is 17.8 Å². The molecule has 4 unspecified atom stereocenters. The summed E-state index contributed by atoms with van der Waals surface area (Å²) in [7, 11) is 0. The van der Waals surface area contributed by atoms with Crippen LogP contribution in [0.25, 0.3) is 0 Å². The zero-order valence-corrected chi connectivity index (χ0v) is 22.2. The summed E-state index contributed by atoms with van der Waals surface area (Å²) in [6.07, 6.45) is 3.04. The van der Waals surface area contributed by atoms with Gasteiger partial charge in [-0.3, -0.25) is 19.2 Å². The normalized spacial score (nSPS) is 15.2. The van der Waals surface area contributed by atoms with Crippen molar-refractivity contribution in [2.24, 2.45) is 23.5 Å². The maximum absolute atomic E-state index is 12.7. The lowest BCUT2D eigenvalue weighted by Gasteiger charge is -2.28. The highest BCUT2D eigenvalue weighted by Crippen LogP contribution is 2.36. The molecule has 0 fully saturated rings. The summed E-state index contributed by atoms with van der Waals surface area (Å²) in [5.74, 6) is -4.48. The monoisotopic (exact) mass is 507 g/mol. The molecule has 0 amide bonds. The van der Waals surface area contributed by atoms with Gasteiger partial charge in [-0.25, -0.2) is 0 Å². The Kier molecular flexibility index (Phi) is 13.2. The fourth-order valence-corrected chi connectivity index (χ4v) is 3.89. The van der Waals surface area contributed by atoms with Crippen molar-refractivity contribution in [2.45, 2.75) is 85.6 Å². The number of hydrogen-bond acceptors (Lipinski definition) is 8. The van der Waals surface area contributed by atoms with Gasteiger partial charge in [-0.2, -0.15) is 0 Å². The average molecular weight is 508 g/mol. The minimum Gasteiger partial charge on any atom is -0.480 e. The molecule has 0 aliphatic rings. The molecule has 36 heavy (non-hydrogen) atoms. The Morgan fingerprint density at radius 3 is 1.89 bits per heavy atom. The van der Waals surface area contributed by atoms with Crippen molar-refractivity contribution >= 4 is 23.9 Å². The number of carbonyl (C=O) groups excluding carboxylic acids is 3. The van der Waals surface area contributed by atoms with Crippen LogP contribution in [0.1, 0.15) is 85.1 Å². The summed E-state index contributed by atoms with van der Waals surface area (Å²) >= 11 is 0. The lowest BCUT2D eigenvalue weighted by Crippen LogP contribution is -2.40. The number of esters is 3. The Morgan fingerprint density at radius 1 is 0.889 bits per heavy atom. The van der Waals surface area contributed by atoms with Crippen LogP contribution in [-0.4, -0.2) is 41.6 Å². The molecule has 0 aliphatic heterocycles. The Hall–Kier alpha value is -2.94. The zero-order valence-electron chi connectivity index (χ0n) is 22.2. The molecule has 0 saturated heterocycles. The number of rotatable bonds is 15. The van der Waals surface area contributed by atoms with Crippen LogP contribution < -0.4 is 15.2 Å². The van der Waals surface area contributed by atoms with Crippen LogP contribution in [0.3, 0.4) is 0 Å². The molecular formula is C27H41NO8. The Balaban J connectivity index is 3.44. The molecule has 5 atom stereocenters. The predicted octanol–water partition coefficient (Wildman–Crippen LogP) is 4.45. The van der Waals surface area contributed by atoms with E-state index in [9.17, 15) is 24.3 Å². The smallest absolute Gasteiger partial charge is 0.321 e. The summed E-state index contributed by atoms with van der Waals surface area (Å²) in [6, 6.07) is 3.23. The molecule has 0 aliphatic carbocycles. The number of benzene rings is 1. The summed E-state index contributed by atoms with van der Waals surface area (Å²) in [6.45, 7) is 10.8. The maximum Gasteiger partial charge on any atom is 0.321 e. The first kappa shape index (κ1) is 31.1. The first-order chi connectivity index (χ1) is 17.0. The van der Waals surface area contributed by atoms with Gasteiger partial charge in [-0.15, -0.1) is 0 Å². The van der Waals surface area contributed by atoms with Crippen molar-refractivity contribution in [3.8, 4) is 11.5 Å². The van der Waals surface area contributed by atoms with Gasteiger partial charge in [0.25, 0.3) is 0 Å². The topological polar surface area (TPSA) is 142 Å². The number of hydrogen-bond donors (Lipinski definition) is 2. The number of ether oxygens (including phenoxy) is 3. The van der Waals surface area contributed by atoms with E-state index < -0.39 is 41.8 Å². The van der Waals surface area contributed by atoms with Gasteiger partial charge in [-0.1, -0.05) is 60.5 Å². The third-order valence-electron chi connectivity index (χ3n) is 6.10. The Morgan fingerprint density at radius 2 is 1.42 bits per heavy atom. The third-order valence-corrected chi connectivity index (χ3v) is 6.10. The highest BCUT2D eigenvalue weighted by Gasteiger charge is 2.33. The number of carboxylic acids is 1. The fourth-order valence-electron chi connectivity index (χ4n) is 3.89. The molecule has 0 spiro atoms. The Bertz CT molecular complexity index is 900. The van der Waals surface area contributed by atoms with Crippen LogP contribution >= 0.6 is 0 Å². The molecule has 9 nitrogen and oxygen atoms in total. The number of nitrogens with two attached hydrogens (primary N) is 1. The van der Waals surface area contributed by atoms with E-state index in [1.807, 2.05) is 13.8 Å². The van der Waals surface area contributed by atoms with Crippen molar-refractivity contribution < 1.29 is 38.5 Å². The highest BCUT2D eigenvalue weighted by atomic mass is 16.6. The van der Waals surface area contributed by atoms with E-state index in [2.05, 4.69) is 0 Å². The molecule has 202 valence electrons. The molecule has 9 heteroatoms. The lowest BCUT2D eigenvalue weighted by atomic mass is 9.82. The van der Waals surface area contributed by atoms with Gasteiger partial charge in [0.15, 0.2) is 11.5 Å². The van der Waals surface area contributed by atoms with Gasteiger partial charge >= 0.3 is 23.9 Å². The molecule has 0 saturated carbocycles. The molecule has 1 aromatic carbocycles. The molecule has 1 aromatic rings. The lowest BCUT2D eigenvalue weighted by molar-refractivity contribution is -0.145. The van der Waals surface area contributed by atoms with Crippen molar-refractivity contribution in [1.82, 2.24) is 0 Å². The van der Waals surface area contributed by atoms with E-state index in [1.54, 1.807) is 33.8 Å². The molecule has 0 radical (unpaired) electrons. The second-order valence-corrected chi connectivity index (χ2v) is 9.33. The van der Waals surface area contributed by atoms with Crippen LogP contribution in [0.5, 0.6) is 11.5 Å². The minimum absolute atomic E-state index is 0.0119. The van der Waals surface area contributed by atoms with Gasteiger partial charge in [0, 0.05) is 12.3 Å². The summed E-state index contributed by atoms with van der Waals surface area (Å²) in [4.78, 5) is 48.7. The van der Waals surface area contributed by atoms with E-state index >= 15 is 0 Å².